The molecule has 0 heterocycles. The van der Waals surface area contributed by atoms with E-state index in [4.69, 9.17) is 16.3 Å². The molecule has 26 heavy (non-hydrogen) atoms. The number of hydrogen-bond donors (Lipinski definition) is 1. The summed E-state index contributed by atoms with van der Waals surface area (Å²) in [5.74, 6) is 0.137. The molecule has 0 saturated heterocycles. The Morgan fingerprint density at radius 1 is 1.19 bits per heavy atom. The summed E-state index contributed by atoms with van der Waals surface area (Å²) in [5, 5.41) is 3.09. The minimum Gasteiger partial charge on any atom is -0.497 e. The van der Waals surface area contributed by atoms with E-state index in [-0.39, 0.29) is 6.42 Å². The number of sulfonamides is 1. The third-order valence-corrected chi connectivity index (χ3v) is 5.30. The maximum Gasteiger partial charge on any atom is 0.248 e. The van der Waals surface area contributed by atoms with Crippen molar-refractivity contribution in [3.8, 4) is 5.75 Å². The molecule has 0 aliphatic heterocycles. The van der Waals surface area contributed by atoms with Crippen molar-refractivity contribution in [2.75, 3.05) is 23.0 Å². The predicted molar refractivity (Wildman–Crippen MR) is 104 cm³/mol. The van der Waals surface area contributed by atoms with E-state index >= 15 is 0 Å². The molecule has 0 fully saturated rings. The Kier molecular flexibility index (Phi) is 6.50. The number of rotatable bonds is 7. The molecule has 1 amide bonds. The summed E-state index contributed by atoms with van der Waals surface area (Å²) in [6.07, 6.45) is 1.36. The van der Waals surface area contributed by atoms with Crippen LogP contribution in [0.4, 0.5) is 11.4 Å². The first kappa shape index (κ1) is 20.1. The van der Waals surface area contributed by atoms with Gasteiger partial charge in [0.15, 0.2) is 0 Å². The SMILES string of the molecule is CCC(C(=O)Nc1ccccc1Cl)N(c1ccc(OC)cc1)S(C)(=O)=O. The number of methoxy groups -OCH3 is 1. The van der Waals surface area contributed by atoms with Crippen LogP contribution in [-0.2, 0) is 14.8 Å². The third-order valence-electron chi connectivity index (χ3n) is 3.79. The van der Waals surface area contributed by atoms with Gasteiger partial charge in [-0.2, -0.15) is 0 Å². The van der Waals surface area contributed by atoms with Gasteiger partial charge in [0.2, 0.25) is 15.9 Å². The highest BCUT2D eigenvalue weighted by Crippen LogP contribution is 2.27. The molecule has 2 rings (SSSR count). The van der Waals surface area contributed by atoms with E-state index < -0.39 is 22.0 Å². The summed E-state index contributed by atoms with van der Waals surface area (Å²) in [4.78, 5) is 12.8. The molecule has 0 spiro atoms. The molecule has 2 aromatic carbocycles. The average molecular weight is 397 g/mol. The molecule has 0 aromatic heterocycles. The lowest BCUT2D eigenvalue weighted by Gasteiger charge is -2.30. The van der Waals surface area contributed by atoms with Gasteiger partial charge in [-0.3, -0.25) is 9.10 Å². The summed E-state index contributed by atoms with van der Waals surface area (Å²) < 4.78 is 31.0. The zero-order valence-electron chi connectivity index (χ0n) is 14.8. The number of nitrogens with zero attached hydrogens (tertiary/aromatic N) is 1. The van der Waals surface area contributed by atoms with Crippen LogP contribution in [0.25, 0.3) is 0 Å². The molecule has 0 aliphatic carbocycles. The summed E-state index contributed by atoms with van der Waals surface area (Å²) in [6.45, 7) is 1.75. The molecule has 1 N–H and O–H groups in total. The first-order valence-corrected chi connectivity index (χ1v) is 10.2. The summed E-state index contributed by atoms with van der Waals surface area (Å²) in [5.41, 5.74) is 0.815. The first-order valence-electron chi connectivity index (χ1n) is 7.96. The number of benzene rings is 2. The number of anilines is 2. The van der Waals surface area contributed by atoms with E-state index in [9.17, 15) is 13.2 Å². The maximum absolute atomic E-state index is 12.8. The van der Waals surface area contributed by atoms with E-state index in [1.165, 1.54) is 7.11 Å². The first-order chi connectivity index (χ1) is 12.3. The molecule has 8 heteroatoms. The van der Waals surface area contributed by atoms with Gasteiger partial charge in [-0.05, 0) is 42.8 Å². The molecule has 1 unspecified atom stereocenters. The number of nitrogens with one attached hydrogen (secondary N) is 1. The van der Waals surface area contributed by atoms with Crippen molar-refractivity contribution in [1.29, 1.82) is 0 Å². The van der Waals surface area contributed by atoms with Crippen molar-refractivity contribution in [3.63, 3.8) is 0 Å². The number of amides is 1. The highest BCUT2D eigenvalue weighted by molar-refractivity contribution is 7.92. The average Bonchev–Trinajstić information content (AvgIpc) is 2.60. The van der Waals surface area contributed by atoms with Gasteiger partial charge >= 0.3 is 0 Å². The quantitative estimate of drug-likeness (QED) is 0.776. The van der Waals surface area contributed by atoms with E-state index in [1.54, 1.807) is 55.5 Å². The Morgan fingerprint density at radius 2 is 1.81 bits per heavy atom. The lowest BCUT2D eigenvalue weighted by Crippen LogP contribution is -2.47. The van der Waals surface area contributed by atoms with Crippen molar-refractivity contribution in [3.05, 3.63) is 53.6 Å². The van der Waals surface area contributed by atoms with Crippen LogP contribution >= 0.6 is 11.6 Å². The van der Waals surface area contributed by atoms with Crippen LogP contribution in [0.2, 0.25) is 5.02 Å². The van der Waals surface area contributed by atoms with Gasteiger partial charge in [-0.25, -0.2) is 8.42 Å². The van der Waals surface area contributed by atoms with Crippen LogP contribution in [0.1, 0.15) is 13.3 Å². The highest BCUT2D eigenvalue weighted by atomic mass is 35.5. The Bertz CT molecular complexity index is 869. The van der Waals surface area contributed by atoms with Crippen LogP contribution in [0.15, 0.2) is 48.5 Å². The third kappa shape index (κ3) is 4.68. The molecular weight excluding hydrogens is 376 g/mol. The largest absolute Gasteiger partial charge is 0.497 e. The van der Waals surface area contributed by atoms with Crippen LogP contribution in [-0.4, -0.2) is 33.7 Å². The van der Waals surface area contributed by atoms with E-state index in [2.05, 4.69) is 5.32 Å². The van der Waals surface area contributed by atoms with Crippen molar-refractivity contribution in [2.24, 2.45) is 0 Å². The second-order valence-corrected chi connectivity index (χ2v) is 7.92. The van der Waals surface area contributed by atoms with E-state index in [0.717, 1.165) is 10.6 Å². The van der Waals surface area contributed by atoms with Gasteiger partial charge in [0, 0.05) is 0 Å². The van der Waals surface area contributed by atoms with Crippen LogP contribution < -0.4 is 14.4 Å². The molecule has 0 bridgehead atoms. The number of para-hydroxylation sites is 1. The van der Waals surface area contributed by atoms with Crippen molar-refractivity contribution in [2.45, 2.75) is 19.4 Å². The molecule has 0 saturated carbocycles. The molecule has 1 atom stereocenters. The minimum absolute atomic E-state index is 0.287. The molecule has 140 valence electrons. The lowest BCUT2D eigenvalue weighted by atomic mass is 10.1. The van der Waals surface area contributed by atoms with Gasteiger partial charge in [0.25, 0.3) is 0 Å². The molecule has 6 nitrogen and oxygen atoms in total. The number of hydrogen-bond acceptors (Lipinski definition) is 4. The summed E-state index contributed by atoms with van der Waals surface area (Å²) >= 11 is 6.08. The van der Waals surface area contributed by atoms with Gasteiger partial charge < -0.3 is 10.1 Å². The fraction of sp³-hybridized carbons (Fsp3) is 0.278. The van der Waals surface area contributed by atoms with Crippen molar-refractivity contribution < 1.29 is 17.9 Å². The van der Waals surface area contributed by atoms with Crippen molar-refractivity contribution in [1.82, 2.24) is 0 Å². The lowest BCUT2D eigenvalue weighted by molar-refractivity contribution is -0.117. The zero-order chi connectivity index (χ0) is 19.3. The fourth-order valence-corrected chi connectivity index (χ4v) is 3.96. The highest BCUT2D eigenvalue weighted by Gasteiger charge is 2.31. The standard InChI is InChI=1S/C18H21ClN2O4S/c1-4-17(18(22)20-16-8-6-5-7-15(16)19)21(26(3,23)24)13-9-11-14(25-2)12-10-13/h5-12,17H,4H2,1-3H3,(H,20,22). The fourth-order valence-electron chi connectivity index (χ4n) is 2.57. The van der Waals surface area contributed by atoms with Gasteiger partial charge in [-0.1, -0.05) is 30.7 Å². The topological polar surface area (TPSA) is 75.7 Å². The molecule has 0 radical (unpaired) electrons. The van der Waals surface area contributed by atoms with Crippen LogP contribution in [0.3, 0.4) is 0 Å². The number of carbonyl (C=O) groups is 1. The number of halogens is 1. The Morgan fingerprint density at radius 3 is 2.31 bits per heavy atom. The predicted octanol–water partition coefficient (Wildman–Crippen LogP) is 3.53. The maximum atomic E-state index is 12.8. The van der Waals surface area contributed by atoms with Gasteiger partial charge in [0.1, 0.15) is 11.8 Å². The Labute approximate surface area is 158 Å². The van der Waals surface area contributed by atoms with Crippen molar-refractivity contribution >= 4 is 38.9 Å². The smallest absolute Gasteiger partial charge is 0.248 e. The van der Waals surface area contributed by atoms with Gasteiger partial charge in [0.05, 0.1) is 29.8 Å². The normalized spacial score (nSPS) is 12.3. The Balaban J connectivity index is 2.37. The van der Waals surface area contributed by atoms with E-state index in [1.807, 2.05) is 0 Å². The zero-order valence-corrected chi connectivity index (χ0v) is 16.3. The number of ether oxygens (including phenoxy) is 1. The van der Waals surface area contributed by atoms with Gasteiger partial charge in [-0.15, -0.1) is 0 Å². The molecular formula is C18H21ClN2O4S. The van der Waals surface area contributed by atoms with E-state index in [0.29, 0.717) is 22.1 Å². The molecule has 0 aliphatic rings. The second-order valence-electron chi connectivity index (χ2n) is 5.65. The number of carbonyl (C=O) groups excluding carboxylic acids is 1. The van der Waals surface area contributed by atoms with Crippen LogP contribution in [0, 0.1) is 0 Å². The summed E-state index contributed by atoms with van der Waals surface area (Å²) in [7, 11) is -2.17. The minimum atomic E-state index is -3.70. The monoisotopic (exact) mass is 396 g/mol. The Hall–Kier alpha value is -2.25. The second kappa shape index (κ2) is 8.42. The van der Waals surface area contributed by atoms with Crippen LogP contribution in [0.5, 0.6) is 5.75 Å². The summed E-state index contributed by atoms with van der Waals surface area (Å²) in [6, 6.07) is 12.4. The molecule has 2 aromatic rings.